The molecule has 0 unspecified atom stereocenters. The highest BCUT2D eigenvalue weighted by molar-refractivity contribution is 5.99. The maximum atomic E-state index is 11.8. The van der Waals surface area contributed by atoms with Gasteiger partial charge in [-0.3, -0.25) is 0 Å². The van der Waals surface area contributed by atoms with Gasteiger partial charge in [0.2, 0.25) is 0 Å². The molecule has 1 aliphatic rings. The third-order valence-electron chi connectivity index (χ3n) is 5.44. The minimum atomic E-state index is -1.03. The average molecular weight is 406 g/mol. The molecule has 1 aliphatic carbocycles. The highest BCUT2D eigenvalue weighted by Gasteiger charge is 2.20. The van der Waals surface area contributed by atoms with Crippen molar-refractivity contribution in [1.29, 1.82) is 5.26 Å². The zero-order chi connectivity index (χ0) is 21.5. The second-order valence-electron chi connectivity index (χ2n) is 7.59. The topological polar surface area (TPSA) is 90.9 Å². The van der Waals surface area contributed by atoms with E-state index < -0.39 is 5.97 Å². The molecular formula is C25H18N4O2. The first kappa shape index (κ1) is 18.6. The summed E-state index contributed by atoms with van der Waals surface area (Å²) >= 11 is 0. The van der Waals surface area contributed by atoms with E-state index in [1.165, 1.54) is 0 Å². The fourth-order valence-corrected chi connectivity index (χ4v) is 3.83. The van der Waals surface area contributed by atoms with Crippen molar-refractivity contribution in [3.63, 3.8) is 0 Å². The Hall–Kier alpha value is -4.37. The van der Waals surface area contributed by atoms with Crippen LogP contribution in [0.5, 0.6) is 0 Å². The Kier molecular flexibility index (Phi) is 4.30. The zero-order valence-electron chi connectivity index (χ0n) is 16.7. The van der Waals surface area contributed by atoms with Crippen LogP contribution in [0.2, 0.25) is 0 Å². The molecule has 6 heteroatoms. The lowest BCUT2D eigenvalue weighted by atomic mass is 10.00. The van der Waals surface area contributed by atoms with Crippen molar-refractivity contribution in [3.05, 3.63) is 89.8 Å². The first-order valence-electron chi connectivity index (χ1n) is 9.81. The van der Waals surface area contributed by atoms with Gasteiger partial charge in [0.25, 0.3) is 0 Å². The molecule has 0 saturated heterocycles. The molecule has 150 valence electrons. The molecule has 2 N–H and O–H groups in total. The first-order chi connectivity index (χ1) is 15.0. The van der Waals surface area contributed by atoms with Crippen LogP contribution in [0.25, 0.3) is 22.0 Å². The molecule has 2 aromatic carbocycles. The standard InChI is InChI=1S/C25H18N4O2/c1-29-8-7-18-10-20(12-21(23(18)29)17-4-2-3-15(9-17)13-26)28-24-22(25(30)31)11-19(14-27-24)16-5-6-16/h2-12,14,16H,1H3,(H,27,28)(H,30,31). The number of rotatable bonds is 5. The fraction of sp³-hybridized carbons (Fsp3) is 0.0800. The van der Waals surface area contributed by atoms with Crippen molar-refractivity contribution in [2.75, 3.05) is 5.32 Å². The van der Waals surface area contributed by atoms with Crippen LogP contribution < -0.4 is 5.32 Å². The number of hydrogen-bond acceptors (Lipinski definition) is 4. The Labute approximate surface area is 178 Å². The van der Waals surface area contributed by atoms with Crippen molar-refractivity contribution < 1.29 is 9.90 Å². The Morgan fingerprint density at radius 2 is 2.03 bits per heavy atom. The average Bonchev–Trinajstić information content (AvgIpc) is 3.56. The Morgan fingerprint density at radius 3 is 2.77 bits per heavy atom. The number of fused-ring (bicyclic) bond motifs is 1. The van der Waals surface area contributed by atoms with E-state index in [-0.39, 0.29) is 11.5 Å². The minimum absolute atomic E-state index is 0.132. The molecule has 0 aliphatic heterocycles. The van der Waals surface area contributed by atoms with Gasteiger partial charge in [0.1, 0.15) is 11.4 Å². The fourth-order valence-electron chi connectivity index (χ4n) is 3.83. The number of pyridine rings is 1. The number of benzene rings is 2. The number of carboxylic acids is 1. The largest absolute Gasteiger partial charge is 0.478 e. The number of nitrogens with zero attached hydrogens (tertiary/aromatic N) is 3. The predicted octanol–water partition coefficient (Wildman–Crippen LogP) is 5.21. The summed E-state index contributed by atoms with van der Waals surface area (Å²) in [7, 11) is 1.97. The molecule has 2 heterocycles. The molecule has 0 spiro atoms. The van der Waals surface area contributed by atoms with Gasteiger partial charge in [-0.25, -0.2) is 9.78 Å². The number of aryl methyl sites for hydroxylation is 1. The predicted molar refractivity (Wildman–Crippen MR) is 119 cm³/mol. The summed E-state index contributed by atoms with van der Waals surface area (Å²) < 4.78 is 2.03. The van der Waals surface area contributed by atoms with Crippen molar-refractivity contribution in [2.45, 2.75) is 5.92 Å². The highest BCUT2D eigenvalue weighted by atomic mass is 16.4. The SMILES string of the molecule is Cn1ccc2cc(Nc3ncc(C4C=C4)cc3C(=O)O)cc(-c3cccc(C#N)c3)c21. The van der Waals surface area contributed by atoms with Gasteiger partial charge in [0.05, 0.1) is 17.1 Å². The molecule has 5 rings (SSSR count). The quantitative estimate of drug-likeness (QED) is 0.444. The Bertz CT molecular complexity index is 1420. The van der Waals surface area contributed by atoms with E-state index >= 15 is 0 Å². The molecule has 0 amide bonds. The van der Waals surface area contributed by atoms with Gasteiger partial charge in [-0.2, -0.15) is 5.26 Å². The number of nitrogens with one attached hydrogen (secondary N) is 1. The van der Waals surface area contributed by atoms with Gasteiger partial charge in [-0.05, 0) is 47.5 Å². The van der Waals surface area contributed by atoms with E-state index in [0.29, 0.717) is 11.4 Å². The Balaban J connectivity index is 1.62. The number of carboxylic acid groups (broad SMARTS) is 1. The number of hydrogen-bond donors (Lipinski definition) is 2. The van der Waals surface area contributed by atoms with Crippen molar-refractivity contribution in [1.82, 2.24) is 9.55 Å². The lowest BCUT2D eigenvalue weighted by Crippen LogP contribution is -2.06. The van der Waals surface area contributed by atoms with Crippen LogP contribution in [0, 0.1) is 11.3 Å². The lowest BCUT2D eigenvalue weighted by molar-refractivity contribution is 0.0697. The second-order valence-corrected chi connectivity index (χ2v) is 7.59. The number of aromatic nitrogens is 2. The summed E-state index contributed by atoms with van der Waals surface area (Å²) in [6.45, 7) is 0. The van der Waals surface area contributed by atoms with Gasteiger partial charge >= 0.3 is 5.97 Å². The number of carbonyl (C=O) groups is 1. The van der Waals surface area contributed by atoms with E-state index in [2.05, 4.69) is 16.4 Å². The summed E-state index contributed by atoms with van der Waals surface area (Å²) in [5, 5.41) is 23.2. The normalized spacial score (nSPS) is 12.6. The molecule has 0 saturated carbocycles. The third kappa shape index (κ3) is 3.43. The number of nitriles is 1. The molecule has 0 bridgehead atoms. The van der Waals surface area contributed by atoms with Crippen molar-refractivity contribution in [2.24, 2.45) is 7.05 Å². The van der Waals surface area contributed by atoms with E-state index in [1.54, 1.807) is 18.3 Å². The number of anilines is 2. The molecule has 0 radical (unpaired) electrons. The molecule has 0 fully saturated rings. The molecule has 0 atom stereocenters. The van der Waals surface area contributed by atoms with E-state index in [1.807, 2.05) is 66.4 Å². The van der Waals surface area contributed by atoms with E-state index in [0.717, 1.165) is 33.3 Å². The summed E-state index contributed by atoms with van der Waals surface area (Å²) in [6, 6.07) is 17.2. The molecule has 2 aromatic heterocycles. The van der Waals surface area contributed by atoms with Crippen LogP contribution in [-0.4, -0.2) is 20.6 Å². The maximum Gasteiger partial charge on any atom is 0.339 e. The van der Waals surface area contributed by atoms with E-state index in [4.69, 9.17) is 0 Å². The second kappa shape index (κ2) is 7.15. The first-order valence-corrected chi connectivity index (χ1v) is 9.81. The lowest BCUT2D eigenvalue weighted by Gasteiger charge is -2.14. The smallest absolute Gasteiger partial charge is 0.339 e. The summed E-state index contributed by atoms with van der Waals surface area (Å²) in [4.78, 5) is 16.2. The Morgan fingerprint density at radius 1 is 1.19 bits per heavy atom. The van der Waals surface area contributed by atoms with E-state index in [9.17, 15) is 15.2 Å². The van der Waals surface area contributed by atoms with Gasteiger partial charge in [-0.15, -0.1) is 0 Å². The maximum absolute atomic E-state index is 11.8. The van der Waals surface area contributed by atoms with Crippen LogP contribution >= 0.6 is 0 Å². The highest BCUT2D eigenvalue weighted by Crippen LogP contribution is 2.35. The summed E-state index contributed by atoms with van der Waals surface area (Å²) in [5.74, 6) is -0.552. The van der Waals surface area contributed by atoms with Gasteiger partial charge < -0.3 is 15.0 Å². The third-order valence-corrected chi connectivity index (χ3v) is 5.44. The minimum Gasteiger partial charge on any atom is -0.478 e. The van der Waals surface area contributed by atoms with Crippen LogP contribution in [0.3, 0.4) is 0 Å². The molecule has 4 aromatic rings. The number of aromatic carboxylic acids is 1. The van der Waals surface area contributed by atoms with Gasteiger partial charge in [0, 0.05) is 42.0 Å². The monoisotopic (exact) mass is 406 g/mol. The van der Waals surface area contributed by atoms with Crippen molar-refractivity contribution in [3.8, 4) is 17.2 Å². The van der Waals surface area contributed by atoms with Crippen LogP contribution in [0.4, 0.5) is 11.5 Å². The van der Waals surface area contributed by atoms with Crippen LogP contribution in [-0.2, 0) is 7.05 Å². The van der Waals surface area contributed by atoms with Gasteiger partial charge in [-0.1, -0.05) is 24.3 Å². The summed E-state index contributed by atoms with van der Waals surface area (Å²) in [6.07, 6.45) is 7.68. The molecule has 6 nitrogen and oxygen atoms in total. The zero-order valence-corrected chi connectivity index (χ0v) is 16.7. The van der Waals surface area contributed by atoms with Crippen molar-refractivity contribution >= 4 is 28.4 Å². The summed E-state index contributed by atoms with van der Waals surface area (Å²) in [5.41, 5.74) is 5.20. The molecule has 31 heavy (non-hydrogen) atoms. The van der Waals surface area contributed by atoms with Crippen LogP contribution in [0.15, 0.2) is 73.1 Å². The van der Waals surface area contributed by atoms with Gasteiger partial charge in [0.15, 0.2) is 0 Å². The van der Waals surface area contributed by atoms with Crippen LogP contribution in [0.1, 0.15) is 27.4 Å². The molecular weight excluding hydrogens is 388 g/mol. The number of allylic oxidation sites excluding steroid dienone is 2.